The van der Waals surface area contributed by atoms with E-state index in [2.05, 4.69) is 27.3 Å². The molecule has 7 heteroatoms. The van der Waals surface area contributed by atoms with Crippen LogP contribution in [-0.2, 0) is 6.54 Å². The summed E-state index contributed by atoms with van der Waals surface area (Å²) in [5.74, 6) is 0.651. The van der Waals surface area contributed by atoms with Crippen LogP contribution >= 0.6 is 0 Å². The summed E-state index contributed by atoms with van der Waals surface area (Å²) in [5, 5.41) is 7.20. The van der Waals surface area contributed by atoms with E-state index < -0.39 is 0 Å². The van der Waals surface area contributed by atoms with Gasteiger partial charge in [0.05, 0.1) is 6.54 Å². The van der Waals surface area contributed by atoms with Crippen molar-refractivity contribution in [2.24, 2.45) is 0 Å². The molecule has 0 bridgehead atoms. The Morgan fingerprint density at radius 3 is 3.15 bits per heavy atom. The summed E-state index contributed by atoms with van der Waals surface area (Å²) >= 11 is 0. The summed E-state index contributed by atoms with van der Waals surface area (Å²) in [6.07, 6.45) is 6.77. The number of carbonyl (C=O) groups is 1. The molecule has 0 saturated carbocycles. The van der Waals surface area contributed by atoms with Gasteiger partial charge < -0.3 is 19.6 Å². The van der Waals surface area contributed by atoms with Gasteiger partial charge >= 0.3 is 6.03 Å². The van der Waals surface area contributed by atoms with Gasteiger partial charge in [-0.25, -0.2) is 4.79 Å². The van der Waals surface area contributed by atoms with Gasteiger partial charge in [-0.3, -0.25) is 4.98 Å². The van der Waals surface area contributed by atoms with E-state index in [1.165, 1.54) is 0 Å². The van der Waals surface area contributed by atoms with Crippen molar-refractivity contribution >= 4 is 6.03 Å². The molecule has 2 aromatic heterocycles. The van der Waals surface area contributed by atoms with E-state index in [1.807, 2.05) is 18.2 Å². The van der Waals surface area contributed by atoms with Gasteiger partial charge in [0.1, 0.15) is 5.69 Å². The molecule has 0 aromatic carbocycles. The molecular formula is C19H27N5O2. The number of likely N-dealkylation sites (tertiary alicyclic amines) is 1. The molecule has 1 saturated heterocycles. The van der Waals surface area contributed by atoms with Crippen LogP contribution in [0.25, 0.3) is 11.3 Å². The van der Waals surface area contributed by atoms with Crippen LogP contribution in [0.15, 0.2) is 35.1 Å². The third-order valence-electron chi connectivity index (χ3n) is 4.63. The number of nitrogens with one attached hydrogen (secondary N) is 1. The molecule has 1 N–H and O–H groups in total. The molecule has 3 rings (SSSR count). The van der Waals surface area contributed by atoms with Crippen LogP contribution < -0.4 is 5.32 Å². The smallest absolute Gasteiger partial charge is 0.317 e. The number of urea groups is 1. The lowest BCUT2D eigenvalue weighted by atomic mass is 10.1. The number of carbonyl (C=O) groups excluding carboxylic acids is 1. The highest BCUT2D eigenvalue weighted by Crippen LogP contribution is 2.18. The van der Waals surface area contributed by atoms with Crippen molar-refractivity contribution in [3.05, 3.63) is 36.4 Å². The average Bonchev–Trinajstić information content (AvgIpc) is 3.11. The number of aromatic nitrogens is 2. The van der Waals surface area contributed by atoms with Crippen molar-refractivity contribution in [1.82, 2.24) is 25.3 Å². The zero-order valence-electron chi connectivity index (χ0n) is 15.5. The highest BCUT2D eigenvalue weighted by Gasteiger charge is 2.22. The van der Waals surface area contributed by atoms with Gasteiger partial charge in [-0.1, -0.05) is 12.1 Å². The third-order valence-corrected chi connectivity index (χ3v) is 4.63. The Morgan fingerprint density at radius 2 is 2.38 bits per heavy atom. The number of rotatable bonds is 6. The maximum atomic E-state index is 12.5. The Hall–Kier alpha value is -2.41. The zero-order chi connectivity index (χ0) is 18.4. The van der Waals surface area contributed by atoms with Gasteiger partial charge in [-0.2, -0.15) is 0 Å². The van der Waals surface area contributed by atoms with Crippen molar-refractivity contribution in [3.8, 4) is 11.3 Å². The minimum absolute atomic E-state index is 0.0762. The van der Waals surface area contributed by atoms with Crippen molar-refractivity contribution in [3.63, 3.8) is 0 Å². The van der Waals surface area contributed by atoms with Gasteiger partial charge in [0.15, 0.2) is 5.76 Å². The standard InChI is InChI=1S/C19H27N5O2/c1-3-9-24-10-5-7-16(13-24)21-19(25)23(2)14-17-11-18(22-26-17)15-6-4-8-20-12-15/h4,6,8,11-12,16H,3,5,7,9-10,13-14H2,1-2H3,(H,21,25). The van der Waals surface area contributed by atoms with Gasteiger partial charge in [0.25, 0.3) is 0 Å². The minimum atomic E-state index is -0.0762. The highest BCUT2D eigenvalue weighted by atomic mass is 16.5. The normalized spacial score (nSPS) is 17.8. The number of nitrogens with zero attached hydrogens (tertiary/aromatic N) is 4. The molecule has 140 valence electrons. The van der Waals surface area contributed by atoms with Crippen LogP contribution in [0.4, 0.5) is 4.79 Å². The topological polar surface area (TPSA) is 74.5 Å². The van der Waals surface area contributed by atoms with Crippen molar-refractivity contribution in [2.75, 3.05) is 26.7 Å². The SMILES string of the molecule is CCCN1CCCC(NC(=O)N(C)Cc2cc(-c3cccnc3)no2)C1. The highest BCUT2D eigenvalue weighted by molar-refractivity contribution is 5.74. The van der Waals surface area contributed by atoms with E-state index in [0.29, 0.717) is 12.3 Å². The van der Waals surface area contributed by atoms with Gasteiger partial charge in [-0.15, -0.1) is 0 Å². The van der Waals surface area contributed by atoms with Crippen molar-refractivity contribution in [2.45, 2.75) is 38.8 Å². The molecule has 1 atom stereocenters. The maximum Gasteiger partial charge on any atom is 0.317 e. The Morgan fingerprint density at radius 1 is 1.50 bits per heavy atom. The van der Waals surface area contributed by atoms with E-state index in [-0.39, 0.29) is 12.1 Å². The Bertz CT molecular complexity index is 701. The molecular weight excluding hydrogens is 330 g/mol. The summed E-state index contributed by atoms with van der Waals surface area (Å²) in [7, 11) is 1.77. The number of pyridine rings is 1. The second kappa shape index (κ2) is 8.80. The van der Waals surface area contributed by atoms with Crippen LogP contribution in [0.3, 0.4) is 0 Å². The lowest BCUT2D eigenvalue weighted by Crippen LogP contribution is -2.50. The Labute approximate surface area is 154 Å². The largest absolute Gasteiger partial charge is 0.359 e. The molecule has 7 nitrogen and oxygen atoms in total. The summed E-state index contributed by atoms with van der Waals surface area (Å²) in [6.45, 7) is 5.72. The lowest BCUT2D eigenvalue weighted by molar-refractivity contribution is 0.169. The molecule has 0 aliphatic carbocycles. The first-order valence-corrected chi connectivity index (χ1v) is 9.25. The summed E-state index contributed by atoms with van der Waals surface area (Å²) in [6, 6.07) is 5.77. The van der Waals surface area contributed by atoms with Crippen LogP contribution in [0, 0.1) is 0 Å². The molecule has 1 unspecified atom stereocenters. The second-order valence-corrected chi connectivity index (χ2v) is 6.87. The summed E-state index contributed by atoms with van der Waals surface area (Å²) in [4.78, 5) is 20.6. The average molecular weight is 357 g/mol. The molecule has 2 amide bonds. The first kappa shape index (κ1) is 18.4. The monoisotopic (exact) mass is 357 g/mol. The van der Waals surface area contributed by atoms with Gasteiger partial charge in [-0.05, 0) is 44.5 Å². The number of hydrogen-bond donors (Lipinski definition) is 1. The zero-order valence-corrected chi connectivity index (χ0v) is 15.5. The first-order valence-electron chi connectivity index (χ1n) is 9.25. The predicted octanol–water partition coefficient (Wildman–Crippen LogP) is 2.75. The summed E-state index contributed by atoms with van der Waals surface area (Å²) < 4.78 is 5.37. The fraction of sp³-hybridized carbons (Fsp3) is 0.526. The van der Waals surface area contributed by atoms with Crippen LogP contribution in [0.1, 0.15) is 31.9 Å². The molecule has 1 fully saturated rings. The van der Waals surface area contributed by atoms with Crippen molar-refractivity contribution in [1.29, 1.82) is 0 Å². The number of amides is 2. The van der Waals surface area contributed by atoms with E-state index in [0.717, 1.165) is 50.2 Å². The second-order valence-electron chi connectivity index (χ2n) is 6.87. The van der Waals surface area contributed by atoms with E-state index in [4.69, 9.17) is 4.52 Å². The van der Waals surface area contributed by atoms with Crippen LogP contribution in [0.5, 0.6) is 0 Å². The van der Waals surface area contributed by atoms with Crippen molar-refractivity contribution < 1.29 is 9.32 Å². The lowest BCUT2D eigenvalue weighted by Gasteiger charge is -2.33. The van der Waals surface area contributed by atoms with E-state index in [9.17, 15) is 4.79 Å². The Balaban J connectivity index is 1.52. The first-order chi connectivity index (χ1) is 12.7. The number of piperidine rings is 1. The van der Waals surface area contributed by atoms with E-state index in [1.54, 1.807) is 24.3 Å². The maximum absolute atomic E-state index is 12.5. The van der Waals surface area contributed by atoms with Gasteiger partial charge in [0, 0.05) is 43.7 Å². The van der Waals surface area contributed by atoms with E-state index >= 15 is 0 Å². The molecule has 2 aromatic rings. The minimum Gasteiger partial charge on any atom is -0.359 e. The molecule has 26 heavy (non-hydrogen) atoms. The predicted molar refractivity (Wildman–Crippen MR) is 99.5 cm³/mol. The molecule has 0 spiro atoms. The fourth-order valence-electron chi connectivity index (χ4n) is 3.32. The van der Waals surface area contributed by atoms with Crippen LogP contribution in [-0.4, -0.2) is 58.7 Å². The molecule has 1 aliphatic rings. The molecule has 1 aliphatic heterocycles. The van der Waals surface area contributed by atoms with Crippen LogP contribution in [0.2, 0.25) is 0 Å². The summed E-state index contributed by atoms with van der Waals surface area (Å²) in [5.41, 5.74) is 1.62. The molecule has 3 heterocycles. The third kappa shape index (κ3) is 4.82. The Kier molecular flexibility index (Phi) is 6.22. The molecule has 0 radical (unpaired) electrons. The quantitative estimate of drug-likeness (QED) is 0.860. The van der Waals surface area contributed by atoms with Gasteiger partial charge in [0.2, 0.25) is 0 Å². The fourth-order valence-corrected chi connectivity index (χ4v) is 3.32. The number of hydrogen-bond acceptors (Lipinski definition) is 5.